The highest BCUT2D eigenvalue weighted by molar-refractivity contribution is 9.10. The normalized spacial score (nSPS) is 11.6. The van der Waals surface area contributed by atoms with E-state index in [1.807, 2.05) is 18.4 Å². The predicted molar refractivity (Wildman–Crippen MR) is 101 cm³/mol. The Labute approximate surface area is 153 Å². The summed E-state index contributed by atoms with van der Waals surface area (Å²) in [4.78, 5) is 13.0. The first kappa shape index (κ1) is 18.6. The molecule has 0 atom stereocenters. The molecule has 6 nitrogen and oxygen atoms in total. The zero-order valence-electron chi connectivity index (χ0n) is 13.1. The fourth-order valence-corrected chi connectivity index (χ4v) is 3.90. The van der Waals surface area contributed by atoms with Crippen molar-refractivity contribution in [2.24, 2.45) is 5.10 Å². The molecule has 0 spiro atoms. The van der Waals surface area contributed by atoms with E-state index in [9.17, 15) is 13.2 Å². The predicted octanol–water partition coefficient (Wildman–Crippen LogP) is 2.74. The molecule has 0 aliphatic rings. The van der Waals surface area contributed by atoms with E-state index in [2.05, 4.69) is 26.5 Å². The molecule has 1 aromatic carbocycles. The molecular formula is C15H16BrN3O3S2. The maximum Gasteiger partial charge on any atom is 0.260 e. The van der Waals surface area contributed by atoms with Gasteiger partial charge in [-0.05, 0) is 42.1 Å². The Balaban J connectivity index is 2.08. The minimum atomic E-state index is -3.60. The summed E-state index contributed by atoms with van der Waals surface area (Å²) in [5.74, 6) is -0.522. The topological polar surface area (TPSA) is 78.8 Å². The largest absolute Gasteiger partial charge is 0.271 e. The summed E-state index contributed by atoms with van der Waals surface area (Å²) in [6.45, 7) is 1.59. The highest BCUT2D eigenvalue weighted by atomic mass is 79.9. The van der Waals surface area contributed by atoms with Gasteiger partial charge in [0.05, 0.1) is 18.2 Å². The molecule has 2 aromatic rings. The lowest BCUT2D eigenvalue weighted by Gasteiger charge is -2.21. The minimum absolute atomic E-state index is 0.351. The van der Waals surface area contributed by atoms with Crippen molar-refractivity contribution in [1.82, 2.24) is 5.43 Å². The number of hydrogen-bond donors (Lipinski definition) is 1. The van der Waals surface area contributed by atoms with E-state index in [0.717, 1.165) is 25.5 Å². The number of rotatable bonds is 6. The maximum atomic E-state index is 12.0. The monoisotopic (exact) mass is 429 g/mol. The van der Waals surface area contributed by atoms with Crippen molar-refractivity contribution in [3.05, 3.63) is 50.6 Å². The number of benzene rings is 1. The summed E-state index contributed by atoms with van der Waals surface area (Å²) in [5, 5.41) is 5.80. The van der Waals surface area contributed by atoms with Crippen LogP contribution in [0, 0.1) is 6.92 Å². The number of halogens is 1. The second-order valence-electron chi connectivity index (χ2n) is 5.01. The molecule has 0 aliphatic carbocycles. The molecular weight excluding hydrogens is 414 g/mol. The number of hydrazone groups is 1. The lowest BCUT2D eigenvalue weighted by atomic mass is 10.3. The lowest BCUT2D eigenvalue weighted by Crippen LogP contribution is -2.39. The Morgan fingerprint density at radius 3 is 2.75 bits per heavy atom. The number of carbonyl (C=O) groups is 1. The molecule has 0 bridgehead atoms. The summed E-state index contributed by atoms with van der Waals surface area (Å²) in [5.41, 5.74) is 3.82. The van der Waals surface area contributed by atoms with Crippen LogP contribution in [-0.2, 0) is 14.8 Å². The van der Waals surface area contributed by atoms with Crippen LogP contribution < -0.4 is 9.73 Å². The lowest BCUT2D eigenvalue weighted by molar-refractivity contribution is -0.119. The zero-order chi connectivity index (χ0) is 17.7. The number of carbonyl (C=O) groups excluding carboxylic acids is 1. The van der Waals surface area contributed by atoms with Gasteiger partial charge >= 0.3 is 0 Å². The molecule has 0 saturated carbocycles. The highest BCUT2D eigenvalue weighted by Gasteiger charge is 2.20. The Bertz CT molecular complexity index is 862. The summed E-state index contributed by atoms with van der Waals surface area (Å²) in [6.07, 6.45) is 2.60. The second kappa shape index (κ2) is 7.91. The van der Waals surface area contributed by atoms with Gasteiger partial charge in [0.15, 0.2) is 0 Å². The Morgan fingerprint density at radius 2 is 2.17 bits per heavy atom. The molecule has 0 saturated heterocycles. The van der Waals surface area contributed by atoms with Crippen LogP contribution in [0.4, 0.5) is 5.69 Å². The summed E-state index contributed by atoms with van der Waals surface area (Å²) in [7, 11) is -3.60. The number of amides is 1. The third-order valence-electron chi connectivity index (χ3n) is 3.06. The molecule has 1 heterocycles. The van der Waals surface area contributed by atoms with Crippen LogP contribution in [0.25, 0.3) is 0 Å². The van der Waals surface area contributed by atoms with Crippen molar-refractivity contribution in [3.63, 3.8) is 0 Å². The molecule has 0 fully saturated rings. The van der Waals surface area contributed by atoms with Crippen molar-refractivity contribution in [2.45, 2.75) is 6.92 Å². The smallest absolute Gasteiger partial charge is 0.260 e. The molecule has 1 amide bonds. The number of thiophene rings is 1. The first-order chi connectivity index (χ1) is 11.3. The molecule has 0 aliphatic heterocycles. The number of hydrogen-bond acceptors (Lipinski definition) is 5. The number of nitrogens with one attached hydrogen (secondary N) is 1. The van der Waals surface area contributed by atoms with Gasteiger partial charge in [-0.25, -0.2) is 13.8 Å². The molecule has 0 radical (unpaired) electrons. The third-order valence-corrected chi connectivity index (χ3v) is 5.64. The summed E-state index contributed by atoms with van der Waals surface area (Å²) >= 11 is 4.80. The fourth-order valence-electron chi connectivity index (χ4n) is 1.88. The van der Waals surface area contributed by atoms with E-state index >= 15 is 0 Å². The van der Waals surface area contributed by atoms with Gasteiger partial charge in [-0.15, -0.1) is 11.3 Å². The van der Waals surface area contributed by atoms with Crippen molar-refractivity contribution in [1.29, 1.82) is 0 Å². The van der Waals surface area contributed by atoms with Crippen LogP contribution >= 0.6 is 27.3 Å². The molecule has 24 heavy (non-hydrogen) atoms. The van der Waals surface area contributed by atoms with Crippen LogP contribution in [0.1, 0.15) is 10.4 Å². The van der Waals surface area contributed by atoms with Gasteiger partial charge < -0.3 is 0 Å². The quantitative estimate of drug-likeness (QED) is 0.566. The van der Waals surface area contributed by atoms with Crippen LogP contribution in [0.15, 0.2) is 45.3 Å². The molecule has 1 N–H and O–H groups in total. The van der Waals surface area contributed by atoms with Crippen LogP contribution in [0.5, 0.6) is 0 Å². The Morgan fingerprint density at radius 1 is 1.42 bits per heavy atom. The van der Waals surface area contributed by atoms with Gasteiger partial charge in [-0.2, -0.15) is 5.10 Å². The fraction of sp³-hybridized carbons (Fsp3) is 0.200. The number of aryl methyl sites for hydroxylation is 1. The van der Waals surface area contributed by atoms with Crippen molar-refractivity contribution in [3.8, 4) is 0 Å². The van der Waals surface area contributed by atoms with Gasteiger partial charge in [0.25, 0.3) is 5.91 Å². The molecule has 128 valence electrons. The van der Waals surface area contributed by atoms with E-state index < -0.39 is 15.9 Å². The Kier molecular flexibility index (Phi) is 6.14. The third kappa shape index (κ3) is 5.15. The van der Waals surface area contributed by atoms with E-state index in [4.69, 9.17) is 0 Å². The van der Waals surface area contributed by atoms with Gasteiger partial charge in [-0.3, -0.25) is 9.10 Å². The molecule has 2 rings (SSSR count). The van der Waals surface area contributed by atoms with E-state index in [1.54, 1.807) is 30.5 Å². The van der Waals surface area contributed by atoms with Crippen molar-refractivity contribution >= 4 is 55.1 Å². The van der Waals surface area contributed by atoms with Crippen molar-refractivity contribution in [2.75, 3.05) is 17.1 Å². The standard InChI is InChI=1S/C15H16BrN3O3S2/c1-11-6-7-23-14(11)9-17-18-15(20)10-19(24(2,21)22)13-5-3-4-12(16)8-13/h3-9H,10H2,1-2H3,(H,18,20)/b17-9-. The van der Waals surface area contributed by atoms with Gasteiger partial charge in [-0.1, -0.05) is 22.0 Å². The minimum Gasteiger partial charge on any atom is -0.271 e. The summed E-state index contributed by atoms with van der Waals surface area (Å²) in [6, 6.07) is 8.68. The molecule has 1 aromatic heterocycles. The molecule has 9 heteroatoms. The van der Waals surface area contributed by atoms with E-state index in [-0.39, 0.29) is 6.54 Å². The van der Waals surface area contributed by atoms with Gasteiger partial charge in [0.1, 0.15) is 6.54 Å². The number of sulfonamides is 1. The van der Waals surface area contributed by atoms with Crippen LogP contribution in [0.2, 0.25) is 0 Å². The van der Waals surface area contributed by atoms with E-state index in [1.165, 1.54) is 11.3 Å². The van der Waals surface area contributed by atoms with Crippen molar-refractivity contribution < 1.29 is 13.2 Å². The molecule has 0 unspecified atom stereocenters. The first-order valence-electron chi connectivity index (χ1n) is 6.86. The Hall–Kier alpha value is -1.71. The second-order valence-corrected chi connectivity index (χ2v) is 8.78. The van der Waals surface area contributed by atoms with Gasteiger partial charge in [0, 0.05) is 9.35 Å². The van der Waals surface area contributed by atoms with Crippen LogP contribution in [-0.4, -0.2) is 33.3 Å². The maximum absolute atomic E-state index is 12.0. The average molecular weight is 430 g/mol. The highest BCUT2D eigenvalue weighted by Crippen LogP contribution is 2.21. The SMILES string of the molecule is Cc1ccsc1/C=N\NC(=O)CN(c1cccc(Br)c1)S(C)(=O)=O. The van der Waals surface area contributed by atoms with Gasteiger partial charge in [0.2, 0.25) is 10.0 Å². The first-order valence-corrected chi connectivity index (χ1v) is 10.4. The summed E-state index contributed by atoms with van der Waals surface area (Å²) < 4.78 is 25.7. The van der Waals surface area contributed by atoms with E-state index in [0.29, 0.717) is 5.69 Å². The zero-order valence-corrected chi connectivity index (χ0v) is 16.3. The number of nitrogens with zero attached hydrogens (tertiary/aromatic N) is 2. The van der Waals surface area contributed by atoms with Crippen LogP contribution in [0.3, 0.4) is 0 Å². The number of anilines is 1. The average Bonchev–Trinajstić information content (AvgIpc) is 2.89.